The van der Waals surface area contributed by atoms with Gasteiger partial charge in [0, 0.05) is 6.42 Å². The molecule has 0 radical (unpaired) electrons. The van der Waals surface area contributed by atoms with Crippen molar-refractivity contribution >= 4 is 29.8 Å². The molecule has 0 spiro atoms. The summed E-state index contributed by atoms with van der Waals surface area (Å²) >= 11 is 0. The Morgan fingerprint density at radius 2 is 0.903 bits per heavy atom. The molecule has 0 aromatic rings. The minimum atomic E-state index is -1.17. The van der Waals surface area contributed by atoms with Crippen LogP contribution in [0.15, 0.2) is 0 Å². The molecule has 0 aliphatic rings. The highest BCUT2D eigenvalue weighted by molar-refractivity contribution is 5.74. The number of aliphatic carboxylic acids is 5. The summed E-state index contributed by atoms with van der Waals surface area (Å²) in [6.45, 7) is 6.73. The Morgan fingerprint density at radius 3 is 1.03 bits per heavy atom. The fourth-order valence-electron chi connectivity index (χ4n) is 1.01. The van der Waals surface area contributed by atoms with Crippen molar-refractivity contribution in [2.45, 2.75) is 71.1 Å². The van der Waals surface area contributed by atoms with Gasteiger partial charge in [-0.15, -0.1) is 0 Å². The predicted octanol–water partition coefficient (Wildman–Crippen LogP) is -1.46. The maximum atomic E-state index is 10.1. The van der Waals surface area contributed by atoms with Gasteiger partial charge in [-0.1, -0.05) is 13.8 Å². The van der Waals surface area contributed by atoms with E-state index in [2.05, 4.69) is 0 Å². The Hall–Kier alpha value is -2.81. The van der Waals surface area contributed by atoms with Crippen LogP contribution in [0.4, 0.5) is 0 Å². The van der Waals surface area contributed by atoms with Gasteiger partial charge in [0.1, 0.15) is 24.2 Å². The van der Waals surface area contributed by atoms with Gasteiger partial charge in [0.15, 0.2) is 0 Å². The monoisotopic (exact) mass is 456 g/mol. The summed E-state index contributed by atoms with van der Waals surface area (Å²) in [7, 11) is 0. The number of hydrogen-bond acceptors (Lipinski definition) is 9. The van der Waals surface area contributed by atoms with Crippen molar-refractivity contribution in [3.63, 3.8) is 0 Å². The third kappa shape index (κ3) is 35.0. The van der Waals surface area contributed by atoms with Crippen molar-refractivity contribution in [3.8, 4) is 0 Å². The van der Waals surface area contributed by atoms with Crippen molar-refractivity contribution in [1.29, 1.82) is 0 Å². The van der Waals surface area contributed by atoms with Crippen molar-refractivity contribution in [1.82, 2.24) is 0 Å². The zero-order chi connectivity index (χ0) is 25.9. The van der Waals surface area contributed by atoms with Gasteiger partial charge in [0.2, 0.25) is 0 Å². The zero-order valence-corrected chi connectivity index (χ0v) is 18.1. The smallest absolute Gasteiger partial charge is 0.320 e. The summed E-state index contributed by atoms with van der Waals surface area (Å²) in [5.41, 5.74) is 19.9. The van der Waals surface area contributed by atoms with Gasteiger partial charge in [0.05, 0.1) is 0 Å². The highest BCUT2D eigenvalue weighted by atomic mass is 16.4. The molecule has 0 aromatic carbocycles. The fraction of sp³-hybridized carbons (Fsp3) is 0.706. The lowest BCUT2D eigenvalue weighted by molar-refractivity contribution is -0.141. The lowest BCUT2D eigenvalue weighted by Gasteiger charge is -2.07. The Labute approximate surface area is 180 Å². The van der Waals surface area contributed by atoms with Crippen LogP contribution < -0.4 is 22.9 Å². The van der Waals surface area contributed by atoms with Gasteiger partial charge in [-0.05, 0) is 32.6 Å². The average Bonchev–Trinajstić information content (AvgIpc) is 2.60. The van der Waals surface area contributed by atoms with Crippen molar-refractivity contribution < 1.29 is 49.5 Å². The summed E-state index contributed by atoms with van der Waals surface area (Å²) in [5.74, 6) is -4.68. The highest BCUT2D eigenvalue weighted by Gasteiger charge is 2.12. The van der Waals surface area contributed by atoms with E-state index in [0.29, 0.717) is 12.3 Å². The van der Waals surface area contributed by atoms with Crippen LogP contribution in [0.2, 0.25) is 0 Å². The Bertz CT molecular complexity index is 535. The number of carboxylic acids is 5. The van der Waals surface area contributed by atoms with E-state index in [0.717, 1.165) is 0 Å². The normalized spacial score (nSPS) is 13.3. The molecule has 0 fully saturated rings. The molecule has 14 heteroatoms. The number of rotatable bonds is 9. The first-order chi connectivity index (χ1) is 13.9. The van der Waals surface area contributed by atoms with Gasteiger partial charge in [-0.2, -0.15) is 0 Å². The average molecular weight is 456 g/mol. The molecule has 0 unspecified atom stereocenters. The zero-order valence-electron chi connectivity index (χ0n) is 18.1. The first-order valence-electron chi connectivity index (χ1n) is 9.01. The third-order valence-corrected chi connectivity index (χ3v) is 2.81. The number of nitrogens with two attached hydrogens (primary N) is 4. The van der Waals surface area contributed by atoms with E-state index in [1.165, 1.54) is 13.8 Å². The van der Waals surface area contributed by atoms with E-state index in [4.69, 9.17) is 48.5 Å². The van der Waals surface area contributed by atoms with Crippen LogP contribution in [0.3, 0.4) is 0 Å². The van der Waals surface area contributed by atoms with Crippen LogP contribution in [-0.4, -0.2) is 79.5 Å². The van der Waals surface area contributed by atoms with Crippen LogP contribution in [0.5, 0.6) is 0 Å². The van der Waals surface area contributed by atoms with Gasteiger partial charge in [-0.25, -0.2) is 0 Å². The van der Waals surface area contributed by atoms with Crippen LogP contribution in [0, 0.1) is 5.92 Å². The SMILES string of the molecule is CC(C)C[C@H](N)C(=O)O.C[C@H](N)C(=O)O.C[C@H](N)C(=O)O.N[C@@H](CCC(=O)O)C(=O)O. The standard InChI is InChI=1S/C6H13NO2.C5H9NO4.2C3H7NO2/c1-4(2)3-5(7)6(8)9;6-3(5(9)10)1-2-4(7)8;2*1-2(4)3(5)6/h4-5H,3,7H2,1-2H3,(H,8,9);3H,1-2,6H2,(H,7,8)(H,9,10);2*2H,4H2,1H3,(H,5,6)/t5-;3-;2*2-/m0000/s1. The minimum Gasteiger partial charge on any atom is -0.481 e. The van der Waals surface area contributed by atoms with Gasteiger partial charge in [-0.3, -0.25) is 24.0 Å². The molecule has 0 saturated heterocycles. The van der Waals surface area contributed by atoms with Crippen molar-refractivity contribution in [3.05, 3.63) is 0 Å². The number of hydrogen-bond donors (Lipinski definition) is 9. The molecule has 184 valence electrons. The molecule has 0 rings (SSSR count). The predicted molar refractivity (Wildman–Crippen MR) is 110 cm³/mol. The molecular formula is C17H36N4O10. The van der Waals surface area contributed by atoms with Crippen LogP contribution in [0.25, 0.3) is 0 Å². The topological polar surface area (TPSA) is 291 Å². The van der Waals surface area contributed by atoms with Crippen molar-refractivity contribution in [2.24, 2.45) is 28.9 Å². The first-order valence-corrected chi connectivity index (χ1v) is 9.01. The minimum absolute atomic E-state index is 0.0231. The molecule has 13 N–H and O–H groups in total. The van der Waals surface area contributed by atoms with E-state index < -0.39 is 54.0 Å². The van der Waals surface area contributed by atoms with Crippen LogP contribution >= 0.6 is 0 Å². The van der Waals surface area contributed by atoms with E-state index >= 15 is 0 Å². The summed E-state index contributed by atoms with van der Waals surface area (Å²) in [5, 5.41) is 40.3. The number of carbonyl (C=O) groups is 5. The summed E-state index contributed by atoms with van der Waals surface area (Å²) in [6.07, 6.45) is 0.327. The van der Waals surface area contributed by atoms with Gasteiger partial charge in [0.25, 0.3) is 0 Å². The molecular weight excluding hydrogens is 420 g/mol. The lowest BCUT2D eigenvalue weighted by Crippen LogP contribution is -2.31. The van der Waals surface area contributed by atoms with E-state index in [-0.39, 0.29) is 12.8 Å². The summed E-state index contributed by atoms with van der Waals surface area (Å²) in [6, 6.07) is -3.21. The van der Waals surface area contributed by atoms with Crippen LogP contribution in [-0.2, 0) is 24.0 Å². The van der Waals surface area contributed by atoms with E-state index in [9.17, 15) is 24.0 Å². The molecule has 0 aliphatic heterocycles. The second-order valence-corrected chi connectivity index (χ2v) is 6.71. The second kappa shape index (κ2) is 20.5. The largest absolute Gasteiger partial charge is 0.481 e. The third-order valence-electron chi connectivity index (χ3n) is 2.81. The first kappa shape index (κ1) is 35.6. The molecule has 14 nitrogen and oxygen atoms in total. The van der Waals surface area contributed by atoms with E-state index in [1.807, 2.05) is 13.8 Å². The molecule has 0 aliphatic carbocycles. The Morgan fingerprint density at radius 1 is 0.613 bits per heavy atom. The molecule has 4 atom stereocenters. The molecule has 0 bridgehead atoms. The molecule has 0 aromatic heterocycles. The molecule has 31 heavy (non-hydrogen) atoms. The quantitative estimate of drug-likeness (QED) is 0.192. The summed E-state index contributed by atoms with van der Waals surface area (Å²) < 4.78 is 0. The van der Waals surface area contributed by atoms with Gasteiger partial charge >= 0.3 is 29.8 Å². The summed E-state index contributed by atoms with van der Waals surface area (Å²) in [4.78, 5) is 49.1. The Kier molecular flexibility index (Phi) is 23.5. The van der Waals surface area contributed by atoms with E-state index in [1.54, 1.807) is 0 Å². The van der Waals surface area contributed by atoms with Crippen LogP contribution in [0.1, 0.15) is 47.0 Å². The van der Waals surface area contributed by atoms with Gasteiger partial charge < -0.3 is 48.5 Å². The molecule has 0 saturated carbocycles. The highest BCUT2D eigenvalue weighted by Crippen LogP contribution is 2.01. The van der Waals surface area contributed by atoms with Crippen molar-refractivity contribution in [2.75, 3.05) is 0 Å². The fourth-order valence-corrected chi connectivity index (χ4v) is 1.01. The number of carboxylic acid groups (broad SMARTS) is 5. The lowest BCUT2D eigenvalue weighted by atomic mass is 10.1. The molecule has 0 amide bonds. The molecule has 0 heterocycles. The maximum Gasteiger partial charge on any atom is 0.320 e. The maximum absolute atomic E-state index is 10.1. The Balaban J connectivity index is -0.000000161. The second-order valence-electron chi connectivity index (χ2n) is 6.71.